The van der Waals surface area contributed by atoms with Crippen molar-refractivity contribution in [3.05, 3.63) is 75.7 Å². The van der Waals surface area contributed by atoms with Gasteiger partial charge in [-0.25, -0.2) is 4.79 Å². The first-order valence-corrected chi connectivity index (χ1v) is 10.8. The van der Waals surface area contributed by atoms with E-state index in [4.69, 9.17) is 25.8 Å². The number of ether oxygens (including phenoxy) is 3. The number of ketones is 1. The zero-order valence-electron chi connectivity index (χ0n) is 17.8. The second-order valence-electron chi connectivity index (χ2n) is 8.31. The van der Waals surface area contributed by atoms with Crippen LogP contribution in [0.15, 0.2) is 48.4 Å². The Balaban J connectivity index is 1.40. The molecule has 3 atom stereocenters. The second kappa shape index (κ2) is 8.75. The number of carbonyl (C=O) groups excluding carboxylic acids is 2. The van der Waals surface area contributed by atoms with E-state index >= 15 is 0 Å². The summed E-state index contributed by atoms with van der Waals surface area (Å²) < 4.78 is 17.3. The predicted molar refractivity (Wildman–Crippen MR) is 117 cm³/mol. The Bertz CT molecular complexity index is 1020. The Morgan fingerprint density at radius 3 is 2.42 bits per heavy atom. The van der Waals surface area contributed by atoms with E-state index < -0.39 is 0 Å². The Morgan fingerprint density at radius 1 is 1.06 bits per heavy atom. The van der Waals surface area contributed by atoms with Crippen molar-refractivity contribution in [2.24, 2.45) is 5.92 Å². The number of aryl methyl sites for hydroxylation is 3. The van der Waals surface area contributed by atoms with Crippen LogP contribution in [0, 0.1) is 26.7 Å². The highest BCUT2D eigenvalue weighted by Crippen LogP contribution is 2.36. The molecule has 0 bridgehead atoms. The number of halogens is 1. The number of rotatable bonds is 4. The van der Waals surface area contributed by atoms with E-state index in [0.717, 1.165) is 16.7 Å². The van der Waals surface area contributed by atoms with Crippen LogP contribution in [0.1, 0.15) is 46.3 Å². The van der Waals surface area contributed by atoms with Gasteiger partial charge in [0.05, 0.1) is 11.5 Å². The SMILES string of the molecule is Cc1ccc(C(=O)OC2CCC3C(=O)C(Oc4cc(C)c(Cl)c(C)c4)=COC3C2)cc1. The van der Waals surface area contributed by atoms with Crippen LogP contribution in [0.5, 0.6) is 5.75 Å². The third-order valence-corrected chi connectivity index (χ3v) is 6.47. The molecule has 2 aromatic rings. The number of carbonyl (C=O) groups is 2. The van der Waals surface area contributed by atoms with Gasteiger partial charge in [-0.2, -0.15) is 0 Å². The third kappa shape index (κ3) is 4.62. The molecule has 3 unspecified atom stereocenters. The van der Waals surface area contributed by atoms with Gasteiger partial charge in [-0.05, 0) is 69.0 Å². The van der Waals surface area contributed by atoms with E-state index in [1.165, 1.54) is 6.26 Å². The summed E-state index contributed by atoms with van der Waals surface area (Å²) in [5, 5.41) is 0.686. The second-order valence-corrected chi connectivity index (χ2v) is 8.68. The summed E-state index contributed by atoms with van der Waals surface area (Å²) >= 11 is 6.21. The van der Waals surface area contributed by atoms with Gasteiger partial charge in [-0.1, -0.05) is 29.3 Å². The van der Waals surface area contributed by atoms with Gasteiger partial charge < -0.3 is 14.2 Å². The molecule has 1 aliphatic heterocycles. The highest BCUT2D eigenvalue weighted by molar-refractivity contribution is 6.32. The molecule has 0 aromatic heterocycles. The number of Topliss-reactive ketones (excluding diaryl/α,β-unsaturated/α-hetero) is 1. The smallest absolute Gasteiger partial charge is 0.338 e. The number of hydrogen-bond acceptors (Lipinski definition) is 5. The standard InChI is InChI=1S/C25H25ClO5/c1-14-4-6-17(7-5-14)25(28)31-18-8-9-20-21(12-18)29-13-22(24(20)27)30-19-10-15(2)23(26)16(3)11-19/h4-7,10-11,13,18,20-21H,8-9,12H2,1-3H3. The van der Waals surface area contributed by atoms with Gasteiger partial charge in [-0.3, -0.25) is 4.79 Å². The summed E-state index contributed by atoms with van der Waals surface area (Å²) in [6.07, 6.45) is 2.46. The lowest BCUT2D eigenvalue weighted by molar-refractivity contribution is -0.132. The molecule has 162 valence electrons. The van der Waals surface area contributed by atoms with Crippen molar-refractivity contribution in [1.29, 1.82) is 0 Å². The van der Waals surface area contributed by atoms with Crippen LogP contribution in [-0.2, 0) is 14.3 Å². The average molecular weight is 441 g/mol. The Labute approximate surface area is 186 Å². The molecule has 31 heavy (non-hydrogen) atoms. The number of benzene rings is 2. The van der Waals surface area contributed by atoms with E-state index in [2.05, 4.69) is 0 Å². The summed E-state index contributed by atoms with van der Waals surface area (Å²) in [7, 11) is 0. The van der Waals surface area contributed by atoms with Crippen LogP contribution in [-0.4, -0.2) is 24.0 Å². The van der Waals surface area contributed by atoms with Gasteiger partial charge in [0.25, 0.3) is 0 Å². The van der Waals surface area contributed by atoms with Crippen LogP contribution in [0.2, 0.25) is 5.02 Å². The molecule has 0 saturated heterocycles. The van der Waals surface area contributed by atoms with Crippen LogP contribution in [0.3, 0.4) is 0 Å². The maximum absolute atomic E-state index is 13.0. The van der Waals surface area contributed by atoms with Crippen molar-refractivity contribution in [2.45, 2.75) is 52.2 Å². The first kappa shape index (κ1) is 21.4. The maximum Gasteiger partial charge on any atom is 0.338 e. The van der Waals surface area contributed by atoms with Gasteiger partial charge in [0.2, 0.25) is 11.5 Å². The number of allylic oxidation sites excluding steroid dienone is 1. The van der Waals surface area contributed by atoms with Crippen LogP contribution in [0.25, 0.3) is 0 Å². The van der Waals surface area contributed by atoms with Crippen molar-refractivity contribution in [3.63, 3.8) is 0 Å². The molecule has 0 amide bonds. The lowest BCUT2D eigenvalue weighted by Gasteiger charge is -2.36. The van der Waals surface area contributed by atoms with Gasteiger partial charge in [0, 0.05) is 11.4 Å². The lowest BCUT2D eigenvalue weighted by Crippen LogP contribution is -2.43. The number of esters is 1. The molecule has 4 rings (SSSR count). The molecule has 0 spiro atoms. The summed E-state index contributed by atoms with van der Waals surface area (Å²) in [6, 6.07) is 10.9. The largest absolute Gasteiger partial charge is 0.493 e. The zero-order valence-corrected chi connectivity index (χ0v) is 18.6. The number of hydrogen-bond donors (Lipinski definition) is 0. The fraction of sp³-hybridized carbons (Fsp3) is 0.360. The average Bonchev–Trinajstić information content (AvgIpc) is 2.74. The summed E-state index contributed by atoms with van der Waals surface area (Å²) in [5.41, 5.74) is 3.38. The van der Waals surface area contributed by atoms with Gasteiger partial charge >= 0.3 is 5.97 Å². The first-order valence-electron chi connectivity index (χ1n) is 10.4. The highest BCUT2D eigenvalue weighted by Gasteiger charge is 2.42. The van der Waals surface area contributed by atoms with Gasteiger partial charge in [0.15, 0.2) is 0 Å². The number of fused-ring (bicyclic) bond motifs is 1. The van der Waals surface area contributed by atoms with Crippen LogP contribution < -0.4 is 4.74 Å². The Hall–Kier alpha value is -2.79. The molecule has 5 nitrogen and oxygen atoms in total. The molecule has 1 aliphatic carbocycles. The van der Waals surface area contributed by atoms with Gasteiger partial charge in [-0.15, -0.1) is 0 Å². The third-order valence-electron chi connectivity index (χ3n) is 5.87. The maximum atomic E-state index is 13.0. The summed E-state index contributed by atoms with van der Waals surface area (Å²) in [6.45, 7) is 5.75. The quantitative estimate of drug-likeness (QED) is 0.589. The van der Waals surface area contributed by atoms with Crippen molar-refractivity contribution in [1.82, 2.24) is 0 Å². The molecule has 1 saturated carbocycles. The normalized spacial score (nSPS) is 22.8. The molecule has 6 heteroatoms. The van der Waals surface area contributed by atoms with E-state index in [1.54, 1.807) is 24.3 Å². The molecule has 2 aromatic carbocycles. The van der Waals surface area contributed by atoms with E-state index in [1.807, 2.05) is 32.9 Å². The monoisotopic (exact) mass is 440 g/mol. The van der Waals surface area contributed by atoms with Crippen molar-refractivity contribution in [3.8, 4) is 5.75 Å². The zero-order chi connectivity index (χ0) is 22.1. The minimum Gasteiger partial charge on any atom is -0.493 e. The summed E-state index contributed by atoms with van der Waals surface area (Å²) in [5.74, 6) is 0.0199. The molecular weight excluding hydrogens is 416 g/mol. The highest BCUT2D eigenvalue weighted by atomic mass is 35.5. The van der Waals surface area contributed by atoms with Gasteiger partial charge in [0.1, 0.15) is 24.2 Å². The minimum atomic E-state index is -0.348. The molecule has 0 N–H and O–H groups in total. The molecule has 1 fully saturated rings. The molecule has 2 aliphatic rings. The van der Waals surface area contributed by atoms with Crippen molar-refractivity contribution < 1.29 is 23.8 Å². The molecular formula is C25H25ClO5. The Morgan fingerprint density at radius 2 is 1.74 bits per heavy atom. The topological polar surface area (TPSA) is 61.8 Å². The molecule has 1 heterocycles. The first-order chi connectivity index (χ1) is 14.8. The van der Waals surface area contributed by atoms with Crippen molar-refractivity contribution in [2.75, 3.05) is 0 Å². The fourth-order valence-electron chi connectivity index (χ4n) is 4.12. The Kier molecular flexibility index (Phi) is 6.05. The van der Waals surface area contributed by atoms with Crippen molar-refractivity contribution >= 4 is 23.4 Å². The van der Waals surface area contributed by atoms with E-state index in [-0.39, 0.29) is 35.6 Å². The van der Waals surface area contributed by atoms with E-state index in [0.29, 0.717) is 35.6 Å². The minimum absolute atomic E-state index is 0.0789. The van der Waals surface area contributed by atoms with Crippen LogP contribution >= 0.6 is 11.6 Å². The molecule has 0 radical (unpaired) electrons. The van der Waals surface area contributed by atoms with E-state index in [9.17, 15) is 9.59 Å². The predicted octanol–water partition coefficient (Wildman–Crippen LogP) is 5.48. The fourth-order valence-corrected chi connectivity index (χ4v) is 4.22. The summed E-state index contributed by atoms with van der Waals surface area (Å²) in [4.78, 5) is 25.4. The van der Waals surface area contributed by atoms with Crippen LogP contribution in [0.4, 0.5) is 0 Å². The lowest BCUT2D eigenvalue weighted by atomic mass is 9.80.